The standard InChI is InChI=1S/C21H23ClN2O6S/c1-13-12-31(27,28)24(21(13)26)15-5-6-16(17(22)11-15)20(25)23-9-8-14-4-7-18(29-2)19(10-14)30-3/h4-7,10-11,13H,8-9,12H2,1-3H3,(H,23,25). The van der Waals surface area contributed by atoms with Crippen LogP contribution >= 0.6 is 11.6 Å². The highest BCUT2D eigenvalue weighted by Crippen LogP contribution is 2.31. The van der Waals surface area contributed by atoms with Crippen molar-refractivity contribution in [3.63, 3.8) is 0 Å². The van der Waals surface area contributed by atoms with E-state index >= 15 is 0 Å². The van der Waals surface area contributed by atoms with Crippen LogP contribution in [0, 0.1) is 5.92 Å². The first-order valence-corrected chi connectivity index (χ1v) is 11.5. The van der Waals surface area contributed by atoms with Gasteiger partial charge in [-0.3, -0.25) is 9.59 Å². The summed E-state index contributed by atoms with van der Waals surface area (Å²) in [5.41, 5.74) is 1.27. The molecule has 3 rings (SSSR count). The molecule has 2 amide bonds. The van der Waals surface area contributed by atoms with Crippen LogP contribution in [-0.4, -0.2) is 46.7 Å². The van der Waals surface area contributed by atoms with Gasteiger partial charge in [0.1, 0.15) is 0 Å². The minimum atomic E-state index is -3.74. The second-order valence-corrected chi connectivity index (χ2v) is 9.41. The SMILES string of the molecule is COc1ccc(CCNC(=O)c2ccc(N3C(=O)C(C)CS3(=O)=O)cc2Cl)cc1OC. The van der Waals surface area contributed by atoms with E-state index in [0.717, 1.165) is 9.87 Å². The topological polar surface area (TPSA) is 102 Å². The molecular formula is C21H23ClN2O6S. The maximum absolute atomic E-state index is 12.5. The molecule has 31 heavy (non-hydrogen) atoms. The molecule has 1 aliphatic rings. The van der Waals surface area contributed by atoms with E-state index in [1.54, 1.807) is 27.2 Å². The minimum Gasteiger partial charge on any atom is -0.493 e. The van der Waals surface area contributed by atoms with E-state index in [0.29, 0.717) is 24.5 Å². The van der Waals surface area contributed by atoms with Crippen LogP contribution in [0.1, 0.15) is 22.8 Å². The fourth-order valence-electron chi connectivity index (χ4n) is 3.35. The largest absolute Gasteiger partial charge is 0.493 e. The molecule has 2 aromatic rings. The molecule has 1 aliphatic heterocycles. The van der Waals surface area contributed by atoms with Crippen molar-refractivity contribution < 1.29 is 27.5 Å². The monoisotopic (exact) mass is 466 g/mol. The number of halogens is 1. The zero-order valence-corrected chi connectivity index (χ0v) is 18.9. The average Bonchev–Trinajstić information content (AvgIpc) is 2.93. The van der Waals surface area contributed by atoms with E-state index < -0.39 is 27.8 Å². The molecule has 0 radical (unpaired) electrons. The molecule has 0 spiro atoms. The van der Waals surface area contributed by atoms with Crippen molar-refractivity contribution in [2.75, 3.05) is 30.8 Å². The summed E-state index contributed by atoms with van der Waals surface area (Å²) in [5.74, 6) is -0.560. The molecule has 1 N–H and O–H groups in total. The van der Waals surface area contributed by atoms with Crippen molar-refractivity contribution in [2.24, 2.45) is 5.92 Å². The van der Waals surface area contributed by atoms with Gasteiger partial charge in [-0.05, 0) is 42.3 Å². The number of rotatable bonds is 7. The highest BCUT2D eigenvalue weighted by molar-refractivity contribution is 7.94. The van der Waals surface area contributed by atoms with Gasteiger partial charge in [0, 0.05) is 6.54 Å². The third-order valence-electron chi connectivity index (χ3n) is 4.94. The Balaban J connectivity index is 1.67. The zero-order valence-electron chi connectivity index (χ0n) is 17.3. The third kappa shape index (κ3) is 4.77. The summed E-state index contributed by atoms with van der Waals surface area (Å²) in [6.45, 7) is 1.91. The fraction of sp³-hybridized carbons (Fsp3) is 0.333. The van der Waals surface area contributed by atoms with E-state index in [2.05, 4.69) is 5.32 Å². The van der Waals surface area contributed by atoms with Gasteiger partial charge in [-0.1, -0.05) is 24.6 Å². The lowest BCUT2D eigenvalue weighted by Gasteiger charge is -2.16. The van der Waals surface area contributed by atoms with Crippen LogP contribution in [0.15, 0.2) is 36.4 Å². The number of nitrogens with one attached hydrogen (secondary N) is 1. The Labute approximate surface area is 186 Å². The second kappa shape index (κ2) is 9.15. The number of sulfonamides is 1. The minimum absolute atomic E-state index is 0.0590. The van der Waals surface area contributed by atoms with Crippen molar-refractivity contribution in [1.82, 2.24) is 5.32 Å². The van der Waals surface area contributed by atoms with Gasteiger partial charge in [0.2, 0.25) is 15.9 Å². The van der Waals surface area contributed by atoms with Crippen molar-refractivity contribution >= 4 is 39.1 Å². The van der Waals surface area contributed by atoms with Gasteiger partial charge in [0.15, 0.2) is 11.5 Å². The Kier molecular flexibility index (Phi) is 6.76. The summed E-state index contributed by atoms with van der Waals surface area (Å²) >= 11 is 6.22. The van der Waals surface area contributed by atoms with Crippen molar-refractivity contribution in [3.8, 4) is 11.5 Å². The van der Waals surface area contributed by atoms with E-state index in [9.17, 15) is 18.0 Å². The molecule has 8 nitrogen and oxygen atoms in total. The molecule has 1 fully saturated rings. The third-order valence-corrected chi connectivity index (χ3v) is 7.12. The van der Waals surface area contributed by atoms with Crippen molar-refractivity contribution in [2.45, 2.75) is 13.3 Å². The Hall–Kier alpha value is -2.78. The quantitative estimate of drug-likeness (QED) is 0.673. The van der Waals surface area contributed by atoms with Gasteiger partial charge in [0.25, 0.3) is 5.91 Å². The summed E-state index contributed by atoms with van der Waals surface area (Å²) in [6.07, 6.45) is 0.556. The first-order chi connectivity index (χ1) is 14.7. The number of carbonyl (C=O) groups is 2. The summed E-state index contributed by atoms with van der Waals surface area (Å²) in [5, 5.41) is 2.84. The van der Waals surface area contributed by atoms with Crippen molar-refractivity contribution in [1.29, 1.82) is 0 Å². The van der Waals surface area contributed by atoms with E-state index in [-0.39, 0.29) is 22.0 Å². The Bertz CT molecular complexity index is 1120. The molecule has 1 unspecified atom stereocenters. The molecule has 1 atom stereocenters. The Morgan fingerprint density at radius 2 is 1.87 bits per heavy atom. The Morgan fingerprint density at radius 1 is 1.16 bits per heavy atom. The number of amides is 2. The lowest BCUT2D eigenvalue weighted by Crippen LogP contribution is -2.30. The van der Waals surface area contributed by atoms with Gasteiger partial charge in [-0.2, -0.15) is 0 Å². The second-order valence-electron chi connectivity index (χ2n) is 7.14. The summed E-state index contributed by atoms with van der Waals surface area (Å²) in [7, 11) is -0.628. The Morgan fingerprint density at radius 3 is 2.45 bits per heavy atom. The molecular weight excluding hydrogens is 444 g/mol. The highest BCUT2D eigenvalue weighted by Gasteiger charge is 2.42. The number of anilines is 1. The molecule has 0 saturated carbocycles. The molecule has 2 aromatic carbocycles. The molecule has 0 bridgehead atoms. The average molecular weight is 467 g/mol. The number of nitrogens with zero attached hydrogens (tertiary/aromatic N) is 1. The molecule has 0 aromatic heterocycles. The highest BCUT2D eigenvalue weighted by atomic mass is 35.5. The molecule has 166 valence electrons. The number of hydrogen-bond donors (Lipinski definition) is 1. The maximum atomic E-state index is 12.5. The lowest BCUT2D eigenvalue weighted by molar-refractivity contribution is -0.119. The van der Waals surface area contributed by atoms with Crippen LogP contribution in [0.25, 0.3) is 0 Å². The van der Waals surface area contributed by atoms with Crippen LogP contribution in [0.3, 0.4) is 0 Å². The fourth-order valence-corrected chi connectivity index (χ4v) is 5.43. The van der Waals surface area contributed by atoms with E-state index in [4.69, 9.17) is 21.1 Å². The predicted octanol–water partition coefficient (Wildman–Crippen LogP) is 2.64. The number of ether oxygens (including phenoxy) is 2. The maximum Gasteiger partial charge on any atom is 0.252 e. The van der Waals surface area contributed by atoms with Gasteiger partial charge in [0.05, 0.1) is 42.2 Å². The number of methoxy groups -OCH3 is 2. The summed E-state index contributed by atoms with van der Waals surface area (Å²) in [4.78, 5) is 24.7. The molecule has 1 saturated heterocycles. The van der Waals surface area contributed by atoms with Gasteiger partial charge in [-0.25, -0.2) is 12.7 Å². The lowest BCUT2D eigenvalue weighted by atomic mass is 10.1. The van der Waals surface area contributed by atoms with Gasteiger partial charge in [-0.15, -0.1) is 0 Å². The van der Waals surface area contributed by atoms with E-state index in [1.807, 2.05) is 12.1 Å². The number of hydrogen-bond acceptors (Lipinski definition) is 6. The molecule has 10 heteroatoms. The van der Waals surface area contributed by atoms with Crippen molar-refractivity contribution in [3.05, 3.63) is 52.5 Å². The van der Waals surface area contributed by atoms with Crippen LogP contribution in [0.4, 0.5) is 5.69 Å². The van der Waals surface area contributed by atoms with E-state index in [1.165, 1.54) is 18.2 Å². The number of carbonyl (C=O) groups excluding carboxylic acids is 2. The smallest absolute Gasteiger partial charge is 0.252 e. The van der Waals surface area contributed by atoms with Crippen LogP contribution in [0.2, 0.25) is 5.02 Å². The normalized spacial score (nSPS) is 17.5. The van der Waals surface area contributed by atoms with Crippen LogP contribution in [-0.2, 0) is 21.2 Å². The summed E-state index contributed by atoms with van der Waals surface area (Å²) < 4.78 is 35.7. The van der Waals surface area contributed by atoms with Gasteiger partial charge < -0.3 is 14.8 Å². The molecule has 0 aliphatic carbocycles. The van der Waals surface area contributed by atoms with Gasteiger partial charge >= 0.3 is 0 Å². The zero-order chi connectivity index (χ0) is 22.8. The first kappa shape index (κ1) is 22.9. The number of benzene rings is 2. The molecule has 1 heterocycles. The first-order valence-electron chi connectivity index (χ1n) is 9.53. The summed E-state index contributed by atoms with van der Waals surface area (Å²) in [6, 6.07) is 9.64. The van der Waals surface area contributed by atoms with Crippen LogP contribution < -0.4 is 19.1 Å². The van der Waals surface area contributed by atoms with Crippen LogP contribution in [0.5, 0.6) is 11.5 Å². The predicted molar refractivity (Wildman–Crippen MR) is 117 cm³/mol.